The van der Waals surface area contributed by atoms with Crippen LogP contribution in [0.3, 0.4) is 0 Å². The van der Waals surface area contributed by atoms with Gasteiger partial charge in [-0.05, 0) is 37.8 Å². The van der Waals surface area contributed by atoms with E-state index in [1.165, 1.54) is 12.8 Å². The van der Waals surface area contributed by atoms with Crippen molar-refractivity contribution in [2.75, 3.05) is 11.9 Å². The summed E-state index contributed by atoms with van der Waals surface area (Å²) in [6, 6.07) is 8.50. The van der Waals surface area contributed by atoms with E-state index in [1.807, 2.05) is 31.5 Å². The molecule has 0 spiro atoms. The van der Waals surface area contributed by atoms with Crippen molar-refractivity contribution in [2.45, 2.75) is 58.5 Å². The van der Waals surface area contributed by atoms with Crippen molar-refractivity contribution in [1.29, 1.82) is 0 Å². The molecule has 29 heavy (non-hydrogen) atoms. The van der Waals surface area contributed by atoms with Crippen molar-refractivity contribution in [3.8, 4) is 5.75 Å². The van der Waals surface area contributed by atoms with Crippen molar-refractivity contribution >= 4 is 17.6 Å². The summed E-state index contributed by atoms with van der Waals surface area (Å²) >= 11 is 0. The molecule has 1 heterocycles. The quantitative estimate of drug-likeness (QED) is 0.708. The highest BCUT2D eigenvalue weighted by atomic mass is 16.5. The topological polar surface area (TPSA) is 85.2 Å². The number of rotatable bonds is 8. The third-order valence-electron chi connectivity index (χ3n) is 5.26. The second kappa shape index (κ2) is 9.58. The minimum absolute atomic E-state index is 0.0824. The van der Waals surface area contributed by atoms with Crippen LogP contribution in [0.25, 0.3) is 0 Å². The van der Waals surface area contributed by atoms with Crippen LogP contribution in [0.5, 0.6) is 5.75 Å². The summed E-state index contributed by atoms with van der Waals surface area (Å²) in [6.45, 7) is 6.15. The van der Waals surface area contributed by atoms with Gasteiger partial charge in [-0.1, -0.05) is 38.8 Å². The Morgan fingerprint density at radius 1 is 1.21 bits per heavy atom. The van der Waals surface area contributed by atoms with E-state index >= 15 is 0 Å². The van der Waals surface area contributed by atoms with Gasteiger partial charge in [0.15, 0.2) is 0 Å². The van der Waals surface area contributed by atoms with E-state index in [9.17, 15) is 9.59 Å². The zero-order valence-corrected chi connectivity index (χ0v) is 17.4. The molecule has 2 N–H and O–H groups in total. The smallest absolute Gasteiger partial charge is 0.255 e. The van der Waals surface area contributed by atoms with Crippen LogP contribution in [0.4, 0.5) is 5.82 Å². The first-order valence-corrected chi connectivity index (χ1v) is 10.4. The fourth-order valence-corrected chi connectivity index (χ4v) is 3.75. The van der Waals surface area contributed by atoms with Crippen LogP contribution < -0.4 is 15.4 Å². The molecule has 3 rings (SSSR count). The number of carbonyl (C=O) groups excluding carboxylic acids is 2. The Kier molecular flexibility index (Phi) is 6.90. The van der Waals surface area contributed by atoms with Crippen LogP contribution >= 0.6 is 0 Å². The van der Waals surface area contributed by atoms with Gasteiger partial charge in [-0.25, -0.2) is 4.68 Å². The Balaban J connectivity index is 1.72. The van der Waals surface area contributed by atoms with Gasteiger partial charge in [0.2, 0.25) is 5.91 Å². The molecule has 0 aliphatic heterocycles. The normalized spacial score (nSPS) is 15.3. The highest BCUT2D eigenvalue weighted by molar-refractivity contribution is 6.02. The Hall–Kier alpha value is -2.83. The number of nitrogens with one attached hydrogen (secondary N) is 2. The lowest BCUT2D eigenvalue weighted by Crippen LogP contribution is -2.47. The lowest BCUT2D eigenvalue weighted by atomic mass is 10.0. The molecule has 1 saturated carbocycles. The molecule has 7 heteroatoms. The second-order valence-electron chi connectivity index (χ2n) is 7.71. The number of amides is 2. The largest absolute Gasteiger partial charge is 0.493 e. The van der Waals surface area contributed by atoms with Gasteiger partial charge < -0.3 is 15.4 Å². The third-order valence-corrected chi connectivity index (χ3v) is 5.26. The van der Waals surface area contributed by atoms with Gasteiger partial charge >= 0.3 is 0 Å². The molecule has 1 aromatic carbocycles. The van der Waals surface area contributed by atoms with Crippen molar-refractivity contribution in [1.82, 2.24) is 15.1 Å². The summed E-state index contributed by atoms with van der Waals surface area (Å²) < 4.78 is 7.44. The standard InChI is InChI=1S/C22H30N4O3/c1-4-29-18-12-8-7-11-17(18)21(27)25-20(15(2)3)22(28)24-19-13-14-23-26(19)16-9-5-6-10-16/h7-8,11-16,20H,4-6,9-10H2,1-3H3,(H,24,28)(H,25,27). The van der Waals surface area contributed by atoms with Crippen molar-refractivity contribution in [3.05, 3.63) is 42.1 Å². The summed E-state index contributed by atoms with van der Waals surface area (Å²) in [5.74, 6) is 0.529. The van der Waals surface area contributed by atoms with Gasteiger partial charge in [-0.15, -0.1) is 0 Å². The average molecular weight is 399 g/mol. The SMILES string of the molecule is CCOc1ccccc1C(=O)NC(C(=O)Nc1ccnn1C1CCCC1)C(C)C. The lowest BCUT2D eigenvalue weighted by Gasteiger charge is -2.23. The van der Waals surface area contributed by atoms with Crippen molar-refractivity contribution in [2.24, 2.45) is 5.92 Å². The highest BCUT2D eigenvalue weighted by Crippen LogP contribution is 2.31. The summed E-state index contributed by atoms with van der Waals surface area (Å²) in [5, 5.41) is 10.2. The van der Waals surface area contributed by atoms with Crippen LogP contribution in [-0.4, -0.2) is 34.2 Å². The molecule has 1 aliphatic carbocycles. The summed E-state index contributed by atoms with van der Waals surface area (Å²) in [6.07, 6.45) is 6.21. The number of hydrogen-bond acceptors (Lipinski definition) is 4. The maximum absolute atomic E-state index is 13.0. The number of aromatic nitrogens is 2. The fraction of sp³-hybridized carbons (Fsp3) is 0.500. The molecule has 1 atom stereocenters. The van der Waals surface area contributed by atoms with Crippen molar-refractivity contribution in [3.63, 3.8) is 0 Å². The second-order valence-corrected chi connectivity index (χ2v) is 7.71. The van der Waals surface area contributed by atoms with Crippen LogP contribution in [0, 0.1) is 5.92 Å². The van der Waals surface area contributed by atoms with Crippen LogP contribution in [-0.2, 0) is 4.79 Å². The van der Waals surface area contributed by atoms with Crippen LogP contribution in [0.15, 0.2) is 36.5 Å². The van der Waals surface area contributed by atoms with Gasteiger partial charge in [-0.3, -0.25) is 9.59 Å². The van der Waals surface area contributed by atoms with E-state index in [0.717, 1.165) is 12.8 Å². The zero-order chi connectivity index (χ0) is 20.8. The van der Waals surface area contributed by atoms with E-state index in [1.54, 1.807) is 30.5 Å². The first-order valence-electron chi connectivity index (χ1n) is 10.4. The minimum atomic E-state index is -0.677. The molecule has 1 aromatic heterocycles. The molecule has 7 nitrogen and oxygen atoms in total. The molecule has 0 radical (unpaired) electrons. The number of benzene rings is 1. The van der Waals surface area contributed by atoms with Gasteiger partial charge in [0, 0.05) is 6.07 Å². The van der Waals surface area contributed by atoms with Gasteiger partial charge in [-0.2, -0.15) is 5.10 Å². The molecular weight excluding hydrogens is 368 g/mol. The molecule has 1 fully saturated rings. The first-order chi connectivity index (χ1) is 14.0. The zero-order valence-electron chi connectivity index (χ0n) is 17.4. The third kappa shape index (κ3) is 4.96. The van der Waals surface area contributed by atoms with Gasteiger partial charge in [0.25, 0.3) is 5.91 Å². The molecule has 1 unspecified atom stereocenters. The average Bonchev–Trinajstić information content (AvgIpc) is 3.37. The van der Waals surface area contributed by atoms with E-state index in [0.29, 0.717) is 29.8 Å². The lowest BCUT2D eigenvalue weighted by molar-refractivity contribution is -0.118. The maximum atomic E-state index is 13.0. The Morgan fingerprint density at radius 3 is 2.62 bits per heavy atom. The number of para-hydroxylation sites is 1. The number of anilines is 1. The summed E-state index contributed by atoms with van der Waals surface area (Å²) in [7, 11) is 0. The predicted molar refractivity (Wildman–Crippen MR) is 112 cm³/mol. The molecule has 2 aromatic rings. The van der Waals surface area contributed by atoms with Gasteiger partial charge in [0.1, 0.15) is 17.6 Å². The Bertz CT molecular complexity index is 840. The van der Waals surface area contributed by atoms with Crippen molar-refractivity contribution < 1.29 is 14.3 Å². The first kappa shape index (κ1) is 20.9. The molecule has 0 bridgehead atoms. The Morgan fingerprint density at radius 2 is 1.93 bits per heavy atom. The summed E-state index contributed by atoms with van der Waals surface area (Å²) in [4.78, 5) is 25.8. The summed E-state index contributed by atoms with van der Waals surface area (Å²) in [5.41, 5.74) is 0.420. The highest BCUT2D eigenvalue weighted by Gasteiger charge is 2.28. The molecule has 156 valence electrons. The molecule has 2 amide bonds. The molecule has 1 aliphatic rings. The van der Waals surface area contributed by atoms with Crippen LogP contribution in [0.1, 0.15) is 62.9 Å². The van der Waals surface area contributed by atoms with E-state index in [4.69, 9.17) is 4.74 Å². The monoisotopic (exact) mass is 398 g/mol. The Labute approximate surface area is 171 Å². The van der Waals surface area contributed by atoms with Crippen LogP contribution in [0.2, 0.25) is 0 Å². The maximum Gasteiger partial charge on any atom is 0.255 e. The number of carbonyl (C=O) groups is 2. The van der Waals surface area contributed by atoms with E-state index in [-0.39, 0.29) is 17.7 Å². The fourth-order valence-electron chi connectivity index (χ4n) is 3.75. The number of nitrogens with zero attached hydrogens (tertiary/aromatic N) is 2. The van der Waals surface area contributed by atoms with Gasteiger partial charge in [0.05, 0.1) is 24.4 Å². The number of hydrogen-bond donors (Lipinski definition) is 2. The minimum Gasteiger partial charge on any atom is -0.493 e. The predicted octanol–water partition coefficient (Wildman–Crippen LogP) is 3.79. The van der Waals surface area contributed by atoms with E-state index in [2.05, 4.69) is 15.7 Å². The number of ether oxygens (including phenoxy) is 1. The molecule has 0 saturated heterocycles. The molecular formula is C22H30N4O3. The van der Waals surface area contributed by atoms with E-state index < -0.39 is 6.04 Å².